The van der Waals surface area contributed by atoms with Crippen molar-refractivity contribution >= 4 is 5.96 Å². The molecule has 1 aliphatic rings. The number of aliphatic imine (C=N–C) groups is 1. The molecule has 5 nitrogen and oxygen atoms in total. The average molecular weight is 340 g/mol. The Balaban J connectivity index is 1.63. The minimum atomic E-state index is 0.248. The van der Waals surface area contributed by atoms with Crippen molar-refractivity contribution < 1.29 is 4.42 Å². The molecule has 1 fully saturated rings. The standard InChI is InChI=1S/C20H28N4O/c1-2-21-20(22-15-17-9-4-3-5-10-17)23-16-18(19-11-8-14-25-19)24-12-6-7-13-24/h3-5,8-11,14,18H,2,6-7,12-13,15-16H2,1H3,(H2,21,22,23). The van der Waals surface area contributed by atoms with Gasteiger partial charge in [0.25, 0.3) is 0 Å². The first-order valence-corrected chi connectivity index (χ1v) is 9.20. The fourth-order valence-corrected chi connectivity index (χ4v) is 3.23. The van der Waals surface area contributed by atoms with Crippen LogP contribution in [0.2, 0.25) is 0 Å². The molecule has 25 heavy (non-hydrogen) atoms. The molecule has 1 atom stereocenters. The van der Waals surface area contributed by atoms with Gasteiger partial charge in [0.1, 0.15) is 5.76 Å². The molecule has 1 aromatic heterocycles. The molecule has 1 unspecified atom stereocenters. The predicted octanol–water partition coefficient (Wildman–Crippen LogP) is 3.17. The summed E-state index contributed by atoms with van der Waals surface area (Å²) in [6.45, 7) is 6.65. The van der Waals surface area contributed by atoms with Crippen LogP contribution in [-0.4, -0.2) is 37.0 Å². The van der Waals surface area contributed by atoms with Gasteiger partial charge in [-0.25, -0.2) is 4.99 Å². The highest BCUT2D eigenvalue weighted by atomic mass is 16.3. The molecular formula is C20H28N4O. The van der Waals surface area contributed by atoms with Crippen LogP contribution in [0.15, 0.2) is 58.1 Å². The Hall–Kier alpha value is -2.27. The first-order valence-electron chi connectivity index (χ1n) is 9.20. The van der Waals surface area contributed by atoms with E-state index in [1.54, 1.807) is 6.26 Å². The molecule has 2 N–H and O–H groups in total. The lowest BCUT2D eigenvalue weighted by molar-refractivity contribution is 0.215. The van der Waals surface area contributed by atoms with Crippen LogP contribution in [0, 0.1) is 0 Å². The molecule has 1 saturated heterocycles. The van der Waals surface area contributed by atoms with Gasteiger partial charge in [-0.3, -0.25) is 4.90 Å². The molecule has 0 amide bonds. The van der Waals surface area contributed by atoms with E-state index in [1.807, 2.05) is 24.3 Å². The number of likely N-dealkylation sites (tertiary alicyclic amines) is 1. The van der Waals surface area contributed by atoms with Gasteiger partial charge in [-0.1, -0.05) is 30.3 Å². The number of benzene rings is 1. The summed E-state index contributed by atoms with van der Waals surface area (Å²) in [5.74, 6) is 1.87. The minimum absolute atomic E-state index is 0.248. The molecule has 5 heteroatoms. The SMILES string of the molecule is CCNC(=NCc1ccccc1)NCC(c1ccco1)N1CCCC1. The van der Waals surface area contributed by atoms with E-state index < -0.39 is 0 Å². The normalized spacial score (nSPS) is 16.8. The highest BCUT2D eigenvalue weighted by Crippen LogP contribution is 2.24. The lowest BCUT2D eigenvalue weighted by Gasteiger charge is -2.26. The molecule has 1 aliphatic heterocycles. The van der Waals surface area contributed by atoms with Crippen LogP contribution in [0.3, 0.4) is 0 Å². The lowest BCUT2D eigenvalue weighted by Crippen LogP contribution is -2.42. The summed E-state index contributed by atoms with van der Waals surface area (Å²) >= 11 is 0. The van der Waals surface area contributed by atoms with Crippen LogP contribution < -0.4 is 10.6 Å². The molecule has 0 aliphatic carbocycles. The Labute approximate surface area is 150 Å². The highest BCUT2D eigenvalue weighted by molar-refractivity contribution is 5.79. The summed E-state index contributed by atoms with van der Waals surface area (Å²) in [5, 5.41) is 6.83. The van der Waals surface area contributed by atoms with Crippen LogP contribution in [0.5, 0.6) is 0 Å². The Bertz CT molecular complexity index is 633. The Kier molecular flexibility index (Phi) is 6.51. The summed E-state index contributed by atoms with van der Waals surface area (Å²) in [6.07, 6.45) is 4.28. The van der Waals surface area contributed by atoms with Crippen molar-refractivity contribution in [3.05, 3.63) is 60.1 Å². The van der Waals surface area contributed by atoms with Gasteiger partial charge in [0, 0.05) is 13.1 Å². The second-order valence-electron chi connectivity index (χ2n) is 6.34. The van der Waals surface area contributed by atoms with E-state index in [2.05, 4.69) is 40.7 Å². The zero-order valence-corrected chi connectivity index (χ0v) is 14.9. The largest absolute Gasteiger partial charge is 0.468 e. The van der Waals surface area contributed by atoms with Gasteiger partial charge < -0.3 is 15.1 Å². The Morgan fingerprint density at radius 1 is 1.12 bits per heavy atom. The molecule has 2 heterocycles. The smallest absolute Gasteiger partial charge is 0.191 e. The van der Waals surface area contributed by atoms with E-state index in [4.69, 9.17) is 9.41 Å². The van der Waals surface area contributed by atoms with Gasteiger partial charge in [0.2, 0.25) is 0 Å². The van der Waals surface area contributed by atoms with E-state index in [1.165, 1.54) is 18.4 Å². The molecule has 3 rings (SSSR count). The first kappa shape index (κ1) is 17.5. The lowest BCUT2D eigenvalue weighted by atomic mass is 10.2. The number of rotatable bonds is 7. The molecule has 0 radical (unpaired) electrons. The maximum absolute atomic E-state index is 5.69. The summed E-state index contributed by atoms with van der Waals surface area (Å²) in [6, 6.07) is 14.6. The zero-order valence-electron chi connectivity index (χ0n) is 14.9. The third-order valence-corrected chi connectivity index (χ3v) is 4.52. The van der Waals surface area contributed by atoms with Crippen molar-refractivity contribution in [2.24, 2.45) is 4.99 Å². The van der Waals surface area contributed by atoms with Crippen LogP contribution >= 0.6 is 0 Å². The summed E-state index contributed by atoms with van der Waals surface area (Å²) in [7, 11) is 0. The fourth-order valence-electron chi connectivity index (χ4n) is 3.23. The number of hydrogen-bond donors (Lipinski definition) is 2. The maximum atomic E-state index is 5.69. The van der Waals surface area contributed by atoms with Gasteiger partial charge in [0.15, 0.2) is 5.96 Å². The van der Waals surface area contributed by atoms with E-state index in [-0.39, 0.29) is 6.04 Å². The van der Waals surface area contributed by atoms with Gasteiger partial charge in [-0.2, -0.15) is 0 Å². The molecular weight excluding hydrogens is 312 g/mol. The number of hydrogen-bond acceptors (Lipinski definition) is 3. The maximum Gasteiger partial charge on any atom is 0.191 e. The Morgan fingerprint density at radius 3 is 2.60 bits per heavy atom. The summed E-state index contributed by atoms with van der Waals surface area (Å²) in [4.78, 5) is 7.20. The quantitative estimate of drug-likeness (QED) is 0.600. The molecule has 2 aromatic rings. The van der Waals surface area contributed by atoms with Crippen molar-refractivity contribution in [3.8, 4) is 0 Å². The second-order valence-corrected chi connectivity index (χ2v) is 6.34. The number of nitrogens with one attached hydrogen (secondary N) is 2. The third-order valence-electron chi connectivity index (χ3n) is 4.52. The van der Waals surface area contributed by atoms with Crippen LogP contribution in [0.25, 0.3) is 0 Å². The van der Waals surface area contributed by atoms with Gasteiger partial charge in [-0.05, 0) is 50.6 Å². The van der Waals surface area contributed by atoms with E-state index in [0.29, 0.717) is 6.54 Å². The fraction of sp³-hybridized carbons (Fsp3) is 0.450. The number of furan rings is 1. The first-order chi connectivity index (χ1) is 12.4. The van der Waals surface area contributed by atoms with Crippen LogP contribution in [0.4, 0.5) is 0 Å². The third kappa shape index (κ3) is 5.10. The number of nitrogens with zero attached hydrogens (tertiary/aromatic N) is 2. The molecule has 1 aromatic carbocycles. The van der Waals surface area contributed by atoms with Crippen LogP contribution in [0.1, 0.15) is 37.1 Å². The van der Waals surface area contributed by atoms with Crippen molar-refractivity contribution in [2.45, 2.75) is 32.4 Å². The second kappa shape index (κ2) is 9.28. The molecule has 0 saturated carbocycles. The van der Waals surface area contributed by atoms with Gasteiger partial charge in [-0.15, -0.1) is 0 Å². The van der Waals surface area contributed by atoms with Crippen molar-refractivity contribution in [1.82, 2.24) is 15.5 Å². The monoisotopic (exact) mass is 340 g/mol. The van der Waals surface area contributed by atoms with Crippen molar-refractivity contribution in [1.29, 1.82) is 0 Å². The van der Waals surface area contributed by atoms with Gasteiger partial charge in [0.05, 0.1) is 18.8 Å². The summed E-state index contributed by atoms with van der Waals surface area (Å²) in [5.41, 5.74) is 1.21. The highest BCUT2D eigenvalue weighted by Gasteiger charge is 2.25. The number of guanidine groups is 1. The average Bonchev–Trinajstić information content (AvgIpc) is 3.35. The Morgan fingerprint density at radius 2 is 1.92 bits per heavy atom. The van der Waals surface area contributed by atoms with E-state index in [9.17, 15) is 0 Å². The molecule has 0 bridgehead atoms. The minimum Gasteiger partial charge on any atom is -0.468 e. The van der Waals surface area contributed by atoms with E-state index >= 15 is 0 Å². The molecule has 134 valence electrons. The van der Waals surface area contributed by atoms with Crippen molar-refractivity contribution in [3.63, 3.8) is 0 Å². The topological polar surface area (TPSA) is 52.8 Å². The van der Waals surface area contributed by atoms with Crippen molar-refractivity contribution in [2.75, 3.05) is 26.2 Å². The summed E-state index contributed by atoms with van der Waals surface area (Å²) < 4.78 is 5.69. The zero-order chi connectivity index (χ0) is 17.3. The predicted molar refractivity (Wildman–Crippen MR) is 102 cm³/mol. The van der Waals surface area contributed by atoms with E-state index in [0.717, 1.165) is 37.9 Å². The van der Waals surface area contributed by atoms with Crippen LogP contribution in [-0.2, 0) is 6.54 Å². The molecule has 0 spiro atoms. The van der Waals surface area contributed by atoms with Gasteiger partial charge >= 0.3 is 0 Å².